The zero-order chi connectivity index (χ0) is 20.2. The molecule has 0 saturated carbocycles. The van der Waals surface area contributed by atoms with Crippen LogP contribution in [0.15, 0.2) is 42.5 Å². The molecule has 0 radical (unpaired) electrons. The molecule has 3 rings (SSSR count). The first-order valence-corrected chi connectivity index (χ1v) is 15.5. The van der Waals surface area contributed by atoms with Crippen molar-refractivity contribution in [3.05, 3.63) is 64.3 Å². The van der Waals surface area contributed by atoms with E-state index in [1.807, 2.05) is 0 Å². The van der Waals surface area contributed by atoms with Gasteiger partial charge >= 0.3 is 6.18 Å². The first-order valence-electron chi connectivity index (χ1n) is 7.31. The predicted octanol–water partition coefficient (Wildman–Crippen LogP) is 9.06. The molecule has 0 N–H and O–H groups in total. The van der Waals surface area contributed by atoms with Crippen LogP contribution in [0.2, 0.25) is 0 Å². The Balaban J connectivity index is 0.000000596. The lowest BCUT2D eigenvalue weighted by atomic mass is 10.1. The first-order chi connectivity index (χ1) is 12.6. The Kier molecular flexibility index (Phi) is 8.55. The predicted molar refractivity (Wildman–Crippen MR) is 116 cm³/mol. The van der Waals surface area contributed by atoms with Gasteiger partial charge in [0.05, 0.1) is 17.4 Å². The van der Waals surface area contributed by atoms with Gasteiger partial charge in [-0.3, -0.25) is 0 Å². The molecule has 1 aromatic heterocycles. The summed E-state index contributed by atoms with van der Waals surface area (Å²) in [6.45, 7) is 0. The van der Waals surface area contributed by atoms with Crippen LogP contribution in [-0.4, -0.2) is 7.11 Å². The molecule has 1 nitrogen and oxygen atoms in total. The highest BCUT2D eigenvalue weighted by Crippen LogP contribution is 2.59. The molecule has 0 fully saturated rings. The Bertz CT molecular complexity index is 912. The zero-order valence-corrected chi connectivity index (χ0v) is 20.1. The Morgan fingerprint density at radius 3 is 2.30 bits per heavy atom. The molecule has 0 bridgehead atoms. The largest absolute Gasteiger partial charge is 0.495 e. The van der Waals surface area contributed by atoms with Crippen LogP contribution in [0.25, 0.3) is 10.1 Å². The number of alkyl halides is 3. The number of hydrogen-bond donors (Lipinski definition) is 0. The van der Waals surface area contributed by atoms with Crippen molar-refractivity contribution in [3.63, 3.8) is 0 Å². The molecular formula is C17H12Br3F4OPS. The maximum atomic E-state index is 14.5. The van der Waals surface area contributed by atoms with Gasteiger partial charge in [0.15, 0.2) is 0 Å². The molecule has 27 heavy (non-hydrogen) atoms. The molecule has 0 aliphatic carbocycles. The van der Waals surface area contributed by atoms with Crippen LogP contribution in [0.4, 0.5) is 17.6 Å². The SMILES string of the molecule is BrP(Br)Br.COc1cccc2c(F)c(Cc3cccc(C(F)(F)F)c3)sc12. The molecule has 1 heterocycles. The molecule has 10 heteroatoms. The van der Waals surface area contributed by atoms with Crippen LogP contribution in [0.1, 0.15) is 16.0 Å². The minimum atomic E-state index is -4.40. The topological polar surface area (TPSA) is 9.23 Å². The van der Waals surface area contributed by atoms with Crippen molar-refractivity contribution in [1.29, 1.82) is 0 Å². The van der Waals surface area contributed by atoms with E-state index in [1.54, 1.807) is 24.3 Å². The minimum absolute atomic E-state index is 0.109. The van der Waals surface area contributed by atoms with Crippen LogP contribution < -0.4 is 4.74 Å². The number of halogens is 7. The van der Waals surface area contributed by atoms with E-state index in [2.05, 4.69) is 46.5 Å². The summed E-state index contributed by atoms with van der Waals surface area (Å²) in [6, 6.07) is 10.0. The van der Waals surface area contributed by atoms with Crippen LogP contribution in [0.5, 0.6) is 5.75 Å². The van der Waals surface area contributed by atoms with Gasteiger partial charge in [-0.05, 0) is 64.2 Å². The van der Waals surface area contributed by atoms with E-state index in [-0.39, 0.29) is 10.4 Å². The highest BCUT2D eigenvalue weighted by molar-refractivity contribution is 9.93. The smallest absolute Gasteiger partial charge is 0.416 e. The molecular weight excluding hydrogens is 599 g/mol. The molecule has 0 aliphatic heterocycles. The summed E-state index contributed by atoms with van der Waals surface area (Å²) in [5.74, 6) is 0.156. The molecule has 0 atom stereocenters. The van der Waals surface area contributed by atoms with Gasteiger partial charge in [-0.1, -0.05) is 30.3 Å². The zero-order valence-electron chi connectivity index (χ0n) is 13.7. The van der Waals surface area contributed by atoms with E-state index < -0.39 is 17.6 Å². The number of fused-ring (bicyclic) bond motifs is 1. The van der Waals surface area contributed by atoms with Crippen molar-refractivity contribution in [2.75, 3.05) is 7.11 Å². The Hall–Kier alpha value is -0.210. The third-order valence-corrected chi connectivity index (χ3v) is 4.72. The summed E-state index contributed by atoms with van der Waals surface area (Å²) in [6.07, 6.45) is -4.30. The number of methoxy groups -OCH3 is 1. The lowest BCUT2D eigenvalue weighted by molar-refractivity contribution is -0.137. The summed E-state index contributed by atoms with van der Waals surface area (Å²) in [5, 5.41) is 0.427. The monoisotopic (exact) mass is 608 g/mol. The molecule has 0 aliphatic rings. The highest BCUT2D eigenvalue weighted by atomic mass is 80.0. The summed E-state index contributed by atoms with van der Waals surface area (Å²) in [5.41, 5.74) is -0.307. The standard InChI is InChI=1S/C17H12F4OS.Br3P/c1-22-13-7-3-6-12-15(18)14(23-16(12)13)9-10-4-2-5-11(8-10)17(19,20)21;1-4(2)3/h2-8H,9H2,1H3;. The van der Waals surface area contributed by atoms with Gasteiger partial charge in [-0.2, -0.15) is 13.2 Å². The number of benzene rings is 2. The fourth-order valence-corrected chi connectivity index (χ4v) is 3.63. The summed E-state index contributed by atoms with van der Waals surface area (Å²) < 4.78 is 58.5. The van der Waals surface area contributed by atoms with Gasteiger partial charge < -0.3 is 4.74 Å². The molecule has 3 aromatic rings. The van der Waals surface area contributed by atoms with Crippen LogP contribution in [0, 0.1) is 5.82 Å². The van der Waals surface area contributed by atoms with Gasteiger partial charge in [0.2, 0.25) is 0 Å². The summed E-state index contributed by atoms with van der Waals surface area (Å²) >= 11 is 10.7. The Labute approximate surface area is 183 Å². The number of rotatable bonds is 3. The van der Waals surface area contributed by atoms with Crippen LogP contribution in [0.3, 0.4) is 0 Å². The van der Waals surface area contributed by atoms with Crippen molar-refractivity contribution >= 4 is 71.9 Å². The highest BCUT2D eigenvalue weighted by Gasteiger charge is 2.30. The normalized spacial score (nSPS) is 11.4. The van der Waals surface area contributed by atoms with E-state index in [4.69, 9.17) is 4.74 Å². The fraction of sp³-hybridized carbons (Fsp3) is 0.176. The van der Waals surface area contributed by atoms with Gasteiger partial charge in [0.25, 0.3) is 0 Å². The minimum Gasteiger partial charge on any atom is -0.495 e. The second-order valence-electron chi connectivity index (χ2n) is 5.24. The average Bonchev–Trinajstić information content (AvgIpc) is 2.90. The Morgan fingerprint density at radius 1 is 1.07 bits per heavy atom. The molecule has 0 spiro atoms. The van der Waals surface area contributed by atoms with Crippen LogP contribution >= 0.6 is 61.8 Å². The molecule has 146 valence electrons. The van der Waals surface area contributed by atoms with E-state index >= 15 is 0 Å². The molecule has 0 unspecified atom stereocenters. The lowest BCUT2D eigenvalue weighted by Gasteiger charge is -2.08. The quantitative estimate of drug-likeness (QED) is 0.212. The first kappa shape index (κ1) is 23.1. The van der Waals surface area contributed by atoms with Gasteiger partial charge in [0, 0.05) is 16.7 Å². The summed E-state index contributed by atoms with van der Waals surface area (Å²) in [4.78, 5) is 0.392. The van der Waals surface area contributed by atoms with Gasteiger partial charge in [-0.25, -0.2) is 4.39 Å². The summed E-state index contributed by atoms with van der Waals surface area (Å²) in [7, 11) is 1.50. The second kappa shape index (κ2) is 10.0. The molecule has 0 saturated heterocycles. The van der Waals surface area contributed by atoms with Crippen LogP contribution in [-0.2, 0) is 12.6 Å². The molecule has 0 amide bonds. The van der Waals surface area contributed by atoms with Crippen molar-refractivity contribution in [1.82, 2.24) is 0 Å². The average molecular weight is 611 g/mol. The van der Waals surface area contributed by atoms with Gasteiger partial charge in [-0.15, -0.1) is 11.3 Å². The van der Waals surface area contributed by atoms with Crippen molar-refractivity contribution in [2.24, 2.45) is 0 Å². The lowest BCUT2D eigenvalue weighted by Crippen LogP contribution is -2.05. The number of thiophene rings is 1. The fourth-order valence-electron chi connectivity index (χ4n) is 2.43. The Morgan fingerprint density at radius 2 is 1.70 bits per heavy atom. The van der Waals surface area contributed by atoms with Crippen molar-refractivity contribution in [2.45, 2.75) is 12.6 Å². The van der Waals surface area contributed by atoms with E-state index in [1.165, 1.54) is 24.5 Å². The maximum absolute atomic E-state index is 14.5. The van der Waals surface area contributed by atoms with E-state index in [0.717, 1.165) is 12.1 Å². The number of hydrogen-bond acceptors (Lipinski definition) is 2. The van der Waals surface area contributed by atoms with E-state index in [0.29, 0.717) is 26.3 Å². The maximum Gasteiger partial charge on any atom is 0.416 e. The van der Waals surface area contributed by atoms with Crippen molar-refractivity contribution < 1.29 is 22.3 Å². The van der Waals surface area contributed by atoms with Crippen molar-refractivity contribution in [3.8, 4) is 5.75 Å². The van der Waals surface area contributed by atoms with Gasteiger partial charge in [0.1, 0.15) is 15.6 Å². The number of ether oxygens (including phenoxy) is 1. The third-order valence-electron chi connectivity index (χ3n) is 3.52. The molecule has 2 aromatic carbocycles. The second-order valence-corrected chi connectivity index (χ2v) is 21.7. The van der Waals surface area contributed by atoms with E-state index in [9.17, 15) is 17.6 Å². The third kappa shape index (κ3) is 6.39.